The van der Waals surface area contributed by atoms with E-state index in [0.29, 0.717) is 0 Å². The fourth-order valence-electron chi connectivity index (χ4n) is 0.0481. The first-order valence-electron chi connectivity index (χ1n) is 1.73. The van der Waals surface area contributed by atoms with Gasteiger partial charge >= 0.3 is 0 Å². The van der Waals surface area contributed by atoms with E-state index in [1.54, 1.807) is 6.92 Å². The lowest BCUT2D eigenvalue weighted by molar-refractivity contribution is 0.823. The van der Waals surface area contributed by atoms with Crippen LogP contribution in [0, 0.1) is 30.6 Å². The fourth-order valence-corrected chi connectivity index (χ4v) is 0.0481. The molecule has 2 heteroatoms. The molecule has 0 amide bonds. The van der Waals surface area contributed by atoms with Crippen LogP contribution < -0.4 is 0 Å². The lowest BCUT2D eigenvalue weighted by Crippen LogP contribution is -1.78. The van der Waals surface area contributed by atoms with E-state index in [1.807, 2.05) is 0 Å². The zero-order valence-electron chi connectivity index (χ0n) is 4.73. The van der Waals surface area contributed by atoms with Gasteiger partial charge in [-0.15, -0.1) is 12.8 Å². The summed E-state index contributed by atoms with van der Waals surface area (Å²) in [6.45, 7) is 1.81. The van der Waals surface area contributed by atoms with Crippen LogP contribution in [0.2, 0.25) is 0 Å². The molecule has 0 aliphatic rings. The summed E-state index contributed by atoms with van der Waals surface area (Å²) in [6.07, 6.45) is 9.78. The molecule has 46 valence electrons. The highest BCUT2D eigenvalue weighted by molar-refractivity contribution is 5.07. The van der Waals surface area contributed by atoms with Gasteiger partial charge in [0.25, 0.3) is 0 Å². The third-order valence-corrected chi connectivity index (χ3v) is 0.500. The Morgan fingerprint density at radius 3 is 1.38 bits per heavy atom. The van der Waals surface area contributed by atoms with Crippen LogP contribution in [0.4, 0.5) is 0 Å². The fraction of sp³-hybridized carbons (Fsp3) is 0.333. The lowest BCUT2D eigenvalue weighted by Gasteiger charge is -1.81. The molecule has 0 aromatic heterocycles. The Kier molecular flexibility index (Phi) is 18.5. The van der Waals surface area contributed by atoms with Crippen LogP contribution >= 0.6 is 0 Å². The minimum atomic E-state index is -0.00926. The molecule has 8 heavy (non-hydrogen) atoms. The predicted molar refractivity (Wildman–Crippen MR) is 34.1 cm³/mol. The Hall–Kier alpha value is -0.960. The van der Waals surface area contributed by atoms with Crippen LogP contribution in [-0.2, 0) is 0 Å². The minimum Gasteiger partial charge on any atom is -0.412 e. The molecule has 0 atom stereocenters. The average molecular weight is 114 g/mol. The van der Waals surface area contributed by atoms with Gasteiger partial charge in [-0.3, -0.25) is 0 Å². The summed E-state index contributed by atoms with van der Waals surface area (Å²) in [6, 6.07) is 0. The largest absolute Gasteiger partial charge is 0.412 e. The molecule has 0 heterocycles. The van der Waals surface area contributed by atoms with E-state index in [0.717, 1.165) is 0 Å². The Bertz CT molecular complexity index is 90.7. The quantitative estimate of drug-likeness (QED) is 0.372. The Labute approximate surface area is 49.5 Å². The van der Waals surface area contributed by atoms with Crippen molar-refractivity contribution in [3.63, 3.8) is 0 Å². The number of terminal acetylenes is 2. The second kappa shape index (κ2) is 9.40. The van der Waals surface area contributed by atoms with E-state index in [1.165, 1.54) is 0 Å². The maximum absolute atomic E-state index is 4.89. The van der Waals surface area contributed by atoms with Gasteiger partial charge in [0.15, 0.2) is 0 Å². The Morgan fingerprint density at radius 2 is 1.38 bits per heavy atom. The second-order valence-electron chi connectivity index (χ2n) is 1.06. The van der Waals surface area contributed by atoms with Crippen molar-refractivity contribution >= 4 is 0 Å². The Balaban J connectivity index is -0.000000125. The summed E-state index contributed by atoms with van der Waals surface area (Å²) >= 11 is 0. The number of rotatable bonds is 0. The molecule has 2 nitrogen and oxygen atoms in total. The zero-order chi connectivity index (χ0) is 4.99. The highest BCUT2D eigenvalue weighted by atomic mass is 16.0. The zero-order valence-corrected chi connectivity index (χ0v) is 4.73. The summed E-state index contributed by atoms with van der Waals surface area (Å²) in [5.41, 5.74) is 0. The second-order valence-corrected chi connectivity index (χ2v) is 1.06. The first-order chi connectivity index (χ1) is 2.81. The molecule has 0 bridgehead atoms. The minimum absolute atomic E-state index is 0. The topological polar surface area (TPSA) is 63.0 Å². The van der Waals surface area contributed by atoms with Gasteiger partial charge in [-0.05, 0) is 6.92 Å². The number of hydrogen-bond donors (Lipinski definition) is 0. The molecule has 0 aliphatic heterocycles. The molecule has 0 unspecified atom stereocenters. The maximum Gasteiger partial charge on any atom is 0.0778 e. The van der Waals surface area contributed by atoms with E-state index in [9.17, 15) is 0 Å². The molecule has 0 aromatic carbocycles. The van der Waals surface area contributed by atoms with Gasteiger partial charge < -0.3 is 11.0 Å². The van der Waals surface area contributed by atoms with Crippen LogP contribution in [0.15, 0.2) is 0 Å². The monoisotopic (exact) mass is 114 g/mol. The molecular formula is C6H10O2. The van der Waals surface area contributed by atoms with Crippen molar-refractivity contribution in [3.8, 4) is 24.7 Å². The van der Waals surface area contributed by atoms with Crippen LogP contribution in [0.5, 0.6) is 0 Å². The first kappa shape index (κ1) is 15.7. The van der Waals surface area contributed by atoms with Gasteiger partial charge in [0, 0.05) is 0 Å². The molecule has 0 rings (SSSR count). The summed E-state index contributed by atoms with van der Waals surface area (Å²) in [5, 5.41) is 0. The summed E-state index contributed by atoms with van der Waals surface area (Å²) in [4.78, 5) is 0. The van der Waals surface area contributed by atoms with Crippen LogP contribution in [0.1, 0.15) is 6.92 Å². The highest BCUT2D eigenvalue weighted by Crippen LogP contribution is 1.82. The van der Waals surface area contributed by atoms with E-state index in [-0.39, 0.29) is 16.9 Å². The molecule has 0 spiro atoms. The van der Waals surface area contributed by atoms with E-state index < -0.39 is 0 Å². The van der Waals surface area contributed by atoms with Crippen molar-refractivity contribution in [2.45, 2.75) is 6.92 Å². The van der Waals surface area contributed by atoms with E-state index in [2.05, 4.69) is 11.8 Å². The van der Waals surface area contributed by atoms with Gasteiger partial charge in [-0.2, -0.15) is 0 Å². The van der Waals surface area contributed by atoms with E-state index in [4.69, 9.17) is 12.8 Å². The van der Waals surface area contributed by atoms with Gasteiger partial charge in [0.05, 0.1) is 5.92 Å². The SMILES string of the molecule is C#CC(C)C#C.O.O. The number of hydrogen-bond acceptors (Lipinski definition) is 0. The van der Waals surface area contributed by atoms with Crippen molar-refractivity contribution in [2.75, 3.05) is 0 Å². The molecule has 0 saturated heterocycles. The molecule has 0 fully saturated rings. The average Bonchev–Trinajstić information content (AvgIpc) is 1.65. The van der Waals surface area contributed by atoms with Gasteiger partial charge in [-0.1, -0.05) is 11.8 Å². The summed E-state index contributed by atoms with van der Waals surface area (Å²) < 4.78 is 0. The summed E-state index contributed by atoms with van der Waals surface area (Å²) in [7, 11) is 0. The lowest BCUT2D eigenvalue weighted by atomic mass is 10.2. The predicted octanol–water partition coefficient (Wildman–Crippen LogP) is -0.760. The Morgan fingerprint density at radius 1 is 1.12 bits per heavy atom. The highest BCUT2D eigenvalue weighted by Gasteiger charge is 1.79. The normalized spacial score (nSPS) is 5.00. The van der Waals surface area contributed by atoms with Crippen molar-refractivity contribution in [1.82, 2.24) is 0 Å². The van der Waals surface area contributed by atoms with Crippen molar-refractivity contribution in [1.29, 1.82) is 0 Å². The molecule has 0 saturated carbocycles. The van der Waals surface area contributed by atoms with E-state index >= 15 is 0 Å². The molecule has 0 radical (unpaired) electrons. The maximum atomic E-state index is 4.89. The third-order valence-electron chi connectivity index (χ3n) is 0.500. The molecule has 0 aliphatic carbocycles. The molecule has 4 N–H and O–H groups in total. The van der Waals surface area contributed by atoms with Crippen LogP contribution in [0.3, 0.4) is 0 Å². The van der Waals surface area contributed by atoms with Crippen molar-refractivity contribution in [3.05, 3.63) is 0 Å². The van der Waals surface area contributed by atoms with Crippen molar-refractivity contribution < 1.29 is 11.0 Å². The third kappa shape index (κ3) is 8.90. The molecular weight excluding hydrogens is 104 g/mol. The first-order valence-corrected chi connectivity index (χ1v) is 1.73. The summed E-state index contributed by atoms with van der Waals surface area (Å²) in [5.74, 6) is 4.75. The van der Waals surface area contributed by atoms with Gasteiger partial charge in [0.2, 0.25) is 0 Å². The standard InChI is InChI=1S/C6H6.2H2O/c1-4-6(3)5-2;;/h1-2,6H,3H3;2*1H2. The van der Waals surface area contributed by atoms with Crippen molar-refractivity contribution in [2.24, 2.45) is 5.92 Å². The van der Waals surface area contributed by atoms with Gasteiger partial charge in [0.1, 0.15) is 0 Å². The smallest absolute Gasteiger partial charge is 0.0778 e. The van der Waals surface area contributed by atoms with Crippen LogP contribution in [-0.4, -0.2) is 11.0 Å². The van der Waals surface area contributed by atoms with Gasteiger partial charge in [-0.25, -0.2) is 0 Å². The van der Waals surface area contributed by atoms with Crippen LogP contribution in [0.25, 0.3) is 0 Å². The molecule has 0 aromatic rings.